The third kappa shape index (κ3) is 3.49. The minimum Gasteiger partial charge on any atom is -0.345 e. The molecule has 6 nitrogen and oxygen atoms in total. The van der Waals surface area contributed by atoms with E-state index in [9.17, 15) is 18.0 Å². The van der Waals surface area contributed by atoms with Crippen molar-refractivity contribution < 1.29 is 22.4 Å². The predicted octanol–water partition coefficient (Wildman–Crippen LogP) is 4.66. The molecule has 0 saturated carbocycles. The van der Waals surface area contributed by atoms with Gasteiger partial charge >= 0.3 is 6.30 Å². The van der Waals surface area contributed by atoms with Crippen molar-refractivity contribution in [2.24, 2.45) is 5.92 Å². The molecule has 1 amide bonds. The summed E-state index contributed by atoms with van der Waals surface area (Å²) >= 11 is 0. The number of nitrogens with one attached hydrogen (secondary N) is 1. The van der Waals surface area contributed by atoms with Gasteiger partial charge in [-0.1, -0.05) is 6.92 Å². The number of halogens is 4. The molecule has 1 aliphatic rings. The molecule has 1 saturated heterocycles. The Hall–Kier alpha value is -3.26. The number of carbonyl (C=O) groups excluding carboxylic acids is 1. The highest BCUT2D eigenvalue weighted by Crippen LogP contribution is 2.46. The molecule has 1 unspecified atom stereocenters. The minimum atomic E-state index is -4.66. The molecule has 2 aromatic heterocycles. The van der Waals surface area contributed by atoms with Crippen LogP contribution in [0.4, 0.5) is 23.2 Å². The molecule has 3 heterocycles. The van der Waals surface area contributed by atoms with Crippen LogP contribution in [0.15, 0.2) is 49.1 Å². The van der Waals surface area contributed by atoms with Crippen LogP contribution >= 0.6 is 9.24 Å². The van der Waals surface area contributed by atoms with E-state index < -0.39 is 24.1 Å². The summed E-state index contributed by atoms with van der Waals surface area (Å²) in [6.07, 6.45) is -0.724. The number of fused-ring (bicyclic) bond motifs is 1. The Bertz CT molecular complexity index is 1360. The molecule has 0 bridgehead atoms. The number of rotatable bonds is 4. The number of aromatic nitrogens is 4. The molecule has 0 aliphatic carbocycles. The first-order valence-electron chi connectivity index (χ1n) is 10.2. The van der Waals surface area contributed by atoms with Gasteiger partial charge in [-0.2, -0.15) is 9.78 Å². The molecule has 1 N–H and O–H groups in total. The molecule has 0 spiro atoms. The zero-order chi connectivity index (χ0) is 23.5. The van der Waals surface area contributed by atoms with Crippen LogP contribution in [-0.2, 0) is 11.1 Å². The highest BCUT2D eigenvalue weighted by atomic mass is 31.0. The van der Waals surface area contributed by atoms with E-state index >= 15 is 4.39 Å². The number of nitrogens with zero attached hydrogens (tertiary/aromatic N) is 4. The molecule has 4 aromatic rings. The molecule has 3 atom stereocenters. The fourth-order valence-electron chi connectivity index (χ4n) is 4.37. The number of amides is 1. The SMILES string of the molecule is CC[C@@H]1C(=O)N(c2ccc3nc[nH]c3c2)[C@@H]1c1c(F)cc(-c2cnn(C(F)(F)F)c2)cc1P. The van der Waals surface area contributed by atoms with Crippen molar-refractivity contribution in [2.45, 2.75) is 25.7 Å². The van der Waals surface area contributed by atoms with Gasteiger partial charge in [-0.05, 0) is 47.6 Å². The van der Waals surface area contributed by atoms with Crippen molar-refractivity contribution in [1.82, 2.24) is 19.7 Å². The van der Waals surface area contributed by atoms with E-state index in [1.165, 1.54) is 6.07 Å². The van der Waals surface area contributed by atoms with Crippen LogP contribution in [-0.4, -0.2) is 25.7 Å². The van der Waals surface area contributed by atoms with Gasteiger partial charge in [-0.15, -0.1) is 22.4 Å². The van der Waals surface area contributed by atoms with Crippen LogP contribution in [0.2, 0.25) is 0 Å². The number of H-pyrrole nitrogens is 1. The quantitative estimate of drug-likeness (QED) is 0.265. The highest BCUT2D eigenvalue weighted by molar-refractivity contribution is 7.27. The maximum atomic E-state index is 15.4. The first kappa shape index (κ1) is 21.6. The van der Waals surface area contributed by atoms with E-state index in [4.69, 9.17) is 0 Å². The van der Waals surface area contributed by atoms with Crippen molar-refractivity contribution in [3.05, 3.63) is 60.4 Å². The lowest BCUT2D eigenvalue weighted by molar-refractivity contribution is -0.212. The van der Waals surface area contributed by atoms with E-state index in [0.717, 1.165) is 23.4 Å². The number of hydrogen-bond acceptors (Lipinski definition) is 3. The Kier molecular flexibility index (Phi) is 5.01. The summed E-state index contributed by atoms with van der Waals surface area (Å²) in [6, 6.07) is 7.57. The number of carbonyl (C=O) groups is 1. The number of hydrogen-bond donors (Lipinski definition) is 1. The van der Waals surface area contributed by atoms with Crippen LogP contribution in [0.3, 0.4) is 0 Å². The molecule has 33 heavy (non-hydrogen) atoms. The Morgan fingerprint density at radius 2 is 1.97 bits per heavy atom. The maximum Gasteiger partial charge on any atom is 0.504 e. The predicted molar refractivity (Wildman–Crippen MR) is 118 cm³/mol. The number of imidazole rings is 1. The molecule has 170 valence electrons. The first-order chi connectivity index (χ1) is 15.7. The molecule has 5 rings (SSSR count). The van der Waals surface area contributed by atoms with Gasteiger partial charge in [-0.25, -0.2) is 9.37 Å². The first-order valence-corrected chi connectivity index (χ1v) is 10.7. The van der Waals surface area contributed by atoms with Gasteiger partial charge in [0.15, 0.2) is 0 Å². The van der Waals surface area contributed by atoms with E-state index in [0.29, 0.717) is 23.0 Å². The van der Waals surface area contributed by atoms with Crippen molar-refractivity contribution in [3.8, 4) is 11.1 Å². The number of benzene rings is 2. The smallest absolute Gasteiger partial charge is 0.345 e. The van der Waals surface area contributed by atoms with Crippen molar-refractivity contribution in [3.63, 3.8) is 0 Å². The summed E-state index contributed by atoms with van der Waals surface area (Å²) in [7, 11) is 2.45. The summed E-state index contributed by atoms with van der Waals surface area (Å²) in [4.78, 5) is 21.6. The van der Waals surface area contributed by atoms with E-state index in [2.05, 4.69) is 24.3 Å². The van der Waals surface area contributed by atoms with Gasteiger partial charge < -0.3 is 9.88 Å². The van der Waals surface area contributed by atoms with Crippen molar-refractivity contribution in [2.75, 3.05) is 4.90 Å². The molecule has 1 aliphatic heterocycles. The van der Waals surface area contributed by atoms with E-state index in [1.807, 2.05) is 6.92 Å². The van der Waals surface area contributed by atoms with Gasteiger partial charge in [0, 0.05) is 23.0 Å². The normalized spacial score (nSPS) is 18.7. The lowest BCUT2D eigenvalue weighted by atomic mass is 9.79. The standard InChI is InChI=1S/C22H18F4N5OP/c1-2-14-20(31(21(14)32)13-3-4-16-17(7-13)28-10-27-16)19-15(23)5-11(6-18(19)33)12-8-29-30(9-12)22(24,25)26/h3-10,14,20H,2,33H2,1H3,(H,27,28)/t14-,20-/m0/s1. The van der Waals surface area contributed by atoms with Gasteiger partial charge in [0.25, 0.3) is 0 Å². The lowest BCUT2D eigenvalue weighted by Crippen LogP contribution is -2.56. The van der Waals surface area contributed by atoms with Crippen LogP contribution in [0.1, 0.15) is 24.9 Å². The molecule has 2 aromatic carbocycles. The summed E-state index contributed by atoms with van der Waals surface area (Å²) < 4.78 is 53.9. The summed E-state index contributed by atoms with van der Waals surface area (Å²) in [6.45, 7) is 1.87. The topological polar surface area (TPSA) is 66.8 Å². The third-order valence-electron chi connectivity index (χ3n) is 5.97. The van der Waals surface area contributed by atoms with Crippen LogP contribution in [0, 0.1) is 11.7 Å². The molecule has 11 heteroatoms. The third-order valence-corrected chi connectivity index (χ3v) is 6.45. The maximum absolute atomic E-state index is 15.4. The zero-order valence-corrected chi connectivity index (χ0v) is 18.4. The highest BCUT2D eigenvalue weighted by Gasteiger charge is 2.49. The van der Waals surface area contributed by atoms with Crippen molar-refractivity contribution in [1.29, 1.82) is 0 Å². The van der Waals surface area contributed by atoms with Crippen LogP contribution < -0.4 is 10.2 Å². The van der Waals surface area contributed by atoms with Gasteiger partial charge in [0.2, 0.25) is 5.91 Å². The van der Waals surface area contributed by atoms with Crippen LogP contribution in [0.25, 0.3) is 22.2 Å². The molecular formula is C22H18F4N5OP. The average molecular weight is 475 g/mol. The molecule has 0 radical (unpaired) electrons. The lowest BCUT2D eigenvalue weighted by Gasteiger charge is -2.47. The number of β-lactam (4-membered cyclic amide) rings is 1. The Morgan fingerprint density at radius 1 is 1.18 bits per heavy atom. The fourth-order valence-corrected chi connectivity index (χ4v) is 4.85. The molecule has 1 fully saturated rings. The van der Waals surface area contributed by atoms with Crippen molar-refractivity contribution >= 4 is 37.2 Å². The summed E-state index contributed by atoms with van der Waals surface area (Å²) in [5.74, 6) is -1.11. The van der Waals surface area contributed by atoms with Gasteiger partial charge in [0.1, 0.15) is 5.82 Å². The Balaban J connectivity index is 1.55. The zero-order valence-electron chi connectivity index (χ0n) is 17.3. The second-order valence-electron chi connectivity index (χ2n) is 7.87. The Morgan fingerprint density at radius 3 is 2.64 bits per heavy atom. The summed E-state index contributed by atoms with van der Waals surface area (Å²) in [5.41, 5.74) is 2.84. The number of anilines is 1. The second kappa shape index (κ2) is 7.66. The minimum absolute atomic E-state index is 0.110. The van der Waals surface area contributed by atoms with E-state index in [1.54, 1.807) is 35.5 Å². The monoisotopic (exact) mass is 475 g/mol. The van der Waals surface area contributed by atoms with Gasteiger partial charge in [0.05, 0.1) is 35.5 Å². The average Bonchev–Trinajstić information content (AvgIpc) is 3.42. The second-order valence-corrected chi connectivity index (χ2v) is 8.50. The van der Waals surface area contributed by atoms with E-state index in [-0.39, 0.29) is 21.7 Å². The Labute approximate surface area is 187 Å². The number of alkyl halides is 3. The summed E-state index contributed by atoms with van der Waals surface area (Å²) in [5, 5.41) is 3.78. The van der Waals surface area contributed by atoms with Gasteiger partial charge in [-0.3, -0.25) is 4.79 Å². The largest absolute Gasteiger partial charge is 0.504 e. The van der Waals surface area contributed by atoms with Crippen LogP contribution in [0.5, 0.6) is 0 Å². The number of aromatic amines is 1. The fraction of sp³-hybridized carbons (Fsp3) is 0.227. The molecular weight excluding hydrogens is 457 g/mol.